The lowest BCUT2D eigenvalue weighted by Gasteiger charge is -2.17. The summed E-state index contributed by atoms with van der Waals surface area (Å²) in [6.07, 6.45) is -0.342. The van der Waals surface area contributed by atoms with Gasteiger partial charge in [-0.1, -0.05) is 87.5 Å². The van der Waals surface area contributed by atoms with E-state index in [1.807, 2.05) is 123 Å². The number of para-hydroxylation sites is 3. The second-order valence-corrected chi connectivity index (χ2v) is 13.9. The summed E-state index contributed by atoms with van der Waals surface area (Å²) in [7, 11) is 0. The molecule has 0 amide bonds. The Labute approximate surface area is 328 Å². The molecule has 4 heterocycles. The molecule has 0 saturated carbocycles. The molecule has 0 N–H and O–H groups in total. The zero-order valence-corrected chi connectivity index (χ0v) is 32.0. The van der Waals surface area contributed by atoms with Gasteiger partial charge >= 0.3 is 0 Å². The molecule has 7 nitrogen and oxygen atoms in total. The highest BCUT2D eigenvalue weighted by Gasteiger charge is 2.20. The van der Waals surface area contributed by atoms with Gasteiger partial charge in [0.05, 0.1) is 44.8 Å². The smallest absolute Gasteiger partial charge is 0.139 e. The SMILES string of the molecule is [2H]C([2H])(C)c1cccc2c3cccc(C([2H])([2H])C)c3n(-c3ccnc(-n4c5ccccc5c5ccc(Oc6cc(-n7nnc(C)c7C)cc(C([2H])(CC)CC)c6)cc54)c3)c12. The van der Waals surface area contributed by atoms with Crippen LogP contribution in [-0.4, -0.2) is 29.1 Å². The van der Waals surface area contributed by atoms with E-state index in [4.69, 9.17) is 15.2 Å². The fourth-order valence-corrected chi connectivity index (χ4v) is 8.12. The first kappa shape index (κ1) is 29.2. The number of benzene rings is 5. The topological polar surface area (TPSA) is 62.7 Å². The maximum Gasteiger partial charge on any atom is 0.139 e. The van der Waals surface area contributed by atoms with E-state index in [0.29, 0.717) is 52.3 Å². The van der Waals surface area contributed by atoms with Crippen LogP contribution in [0.4, 0.5) is 0 Å². The normalized spacial score (nSPS) is 14.0. The Morgan fingerprint density at radius 2 is 1.35 bits per heavy atom. The number of hydrogen-bond acceptors (Lipinski definition) is 4. The number of pyridine rings is 1. The Kier molecular flexibility index (Phi) is 7.37. The molecule has 0 spiro atoms. The average Bonchev–Trinajstić information content (AvgIpc) is 3.87. The summed E-state index contributed by atoms with van der Waals surface area (Å²) >= 11 is 0. The van der Waals surface area contributed by atoms with E-state index >= 15 is 0 Å². The molecule has 55 heavy (non-hydrogen) atoms. The van der Waals surface area contributed by atoms with Crippen molar-refractivity contribution >= 4 is 43.6 Å². The van der Waals surface area contributed by atoms with Crippen LogP contribution in [0.2, 0.25) is 0 Å². The summed E-state index contributed by atoms with van der Waals surface area (Å²) in [6.45, 7) is 11.1. The molecular weight excluding hydrogens is 677 g/mol. The van der Waals surface area contributed by atoms with E-state index in [1.165, 1.54) is 0 Å². The van der Waals surface area contributed by atoms with Crippen molar-refractivity contribution in [3.8, 4) is 28.7 Å². The highest BCUT2D eigenvalue weighted by molar-refractivity contribution is 6.12. The number of hydrogen-bond donors (Lipinski definition) is 0. The Hall–Kier alpha value is -6.21. The number of rotatable bonds is 10. The first-order chi connectivity index (χ1) is 28.6. The summed E-state index contributed by atoms with van der Waals surface area (Å²) in [4.78, 5) is 4.95. The Bertz CT molecular complexity index is 3060. The molecule has 7 heteroatoms. The first-order valence-corrected chi connectivity index (χ1v) is 18.9. The molecule has 0 radical (unpaired) electrons. The zero-order chi connectivity index (χ0) is 42.3. The Morgan fingerprint density at radius 1 is 0.655 bits per heavy atom. The van der Waals surface area contributed by atoms with Gasteiger partial charge < -0.3 is 9.30 Å². The molecule has 0 saturated heterocycles. The van der Waals surface area contributed by atoms with Crippen molar-refractivity contribution in [2.45, 2.75) is 73.0 Å². The molecule has 0 aliphatic rings. The molecule has 274 valence electrons. The predicted molar refractivity (Wildman–Crippen MR) is 226 cm³/mol. The number of ether oxygens (including phenoxy) is 1. The van der Waals surface area contributed by atoms with E-state index in [0.717, 1.165) is 60.9 Å². The molecule has 0 unspecified atom stereocenters. The molecule has 0 bridgehead atoms. The third-order valence-electron chi connectivity index (χ3n) is 11.0. The van der Waals surface area contributed by atoms with Crippen LogP contribution in [0.25, 0.3) is 60.8 Å². The molecule has 0 atom stereocenters. The number of nitrogens with zero attached hydrogens (tertiary/aromatic N) is 6. The highest BCUT2D eigenvalue weighted by atomic mass is 16.5. The maximum atomic E-state index is 9.34. The van der Waals surface area contributed by atoms with Gasteiger partial charge in [0, 0.05) is 52.8 Å². The zero-order valence-electron chi connectivity index (χ0n) is 37.0. The third-order valence-corrected chi connectivity index (χ3v) is 11.0. The molecule has 0 aliphatic carbocycles. The Morgan fingerprint density at radius 3 is 2.02 bits per heavy atom. The highest BCUT2D eigenvalue weighted by Crippen LogP contribution is 2.39. The second-order valence-electron chi connectivity index (χ2n) is 13.9. The minimum absolute atomic E-state index is 0.512. The van der Waals surface area contributed by atoms with Crippen molar-refractivity contribution in [1.29, 1.82) is 0 Å². The lowest BCUT2D eigenvalue weighted by molar-refractivity contribution is 0.480. The van der Waals surface area contributed by atoms with E-state index in [-0.39, 0.29) is 0 Å². The number of fused-ring (bicyclic) bond motifs is 6. The van der Waals surface area contributed by atoms with Crippen LogP contribution in [0.1, 0.15) is 81.4 Å². The third kappa shape index (κ3) is 5.68. The fourth-order valence-electron chi connectivity index (χ4n) is 8.12. The standard InChI is InChI=1S/C48H46N6O/c1-7-32(8-2)35-25-37(54-31(6)30(5)50-51-54)27-39(26-35)55-38-21-22-41-40-17-11-12-20-44(40)53(45(41)29-38)46-28-36(23-24-49-46)52-47-33(9-3)15-13-18-42(47)43-19-14-16-34(10-4)48(43)52/h11-29,32H,7-10H2,1-6H3/i9D2,10D2,32D. The summed E-state index contributed by atoms with van der Waals surface area (Å²) in [5.74, 6) is 1.00. The average molecular weight is 728 g/mol. The van der Waals surface area contributed by atoms with Crippen molar-refractivity contribution < 1.29 is 11.6 Å². The van der Waals surface area contributed by atoms with Gasteiger partial charge in [0.1, 0.15) is 17.3 Å². The second kappa shape index (κ2) is 13.9. The quantitative estimate of drug-likeness (QED) is 0.141. The monoisotopic (exact) mass is 727 g/mol. The maximum absolute atomic E-state index is 9.34. The molecular formula is C48H46N6O. The van der Waals surface area contributed by atoms with E-state index in [9.17, 15) is 1.37 Å². The summed E-state index contributed by atoms with van der Waals surface area (Å²) < 4.78 is 57.4. The van der Waals surface area contributed by atoms with Crippen LogP contribution < -0.4 is 4.74 Å². The van der Waals surface area contributed by atoms with Crippen molar-refractivity contribution in [2.24, 2.45) is 0 Å². The predicted octanol–water partition coefficient (Wildman–Crippen LogP) is 12.3. The van der Waals surface area contributed by atoms with E-state index in [2.05, 4.69) is 33.1 Å². The van der Waals surface area contributed by atoms with Crippen LogP contribution in [0, 0.1) is 13.8 Å². The molecule has 5 aromatic carbocycles. The molecule has 4 aromatic heterocycles. The molecule has 9 aromatic rings. The molecule has 0 aliphatic heterocycles. The minimum Gasteiger partial charge on any atom is -0.457 e. The van der Waals surface area contributed by atoms with Gasteiger partial charge in [0.15, 0.2) is 0 Å². The largest absolute Gasteiger partial charge is 0.457 e. The van der Waals surface area contributed by atoms with Gasteiger partial charge in [0.25, 0.3) is 0 Å². The van der Waals surface area contributed by atoms with Gasteiger partial charge in [-0.25, -0.2) is 9.67 Å². The summed E-state index contributed by atoms with van der Waals surface area (Å²) in [6, 6.07) is 35.4. The van der Waals surface area contributed by atoms with Gasteiger partial charge in [0.2, 0.25) is 0 Å². The van der Waals surface area contributed by atoms with Crippen molar-refractivity contribution in [1.82, 2.24) is 29.1 Å². The van der Waals surface area contributed by atoms with Crippen LogP contribution >= 0.6 is 0 Å². The van der Waals surface area contributed by atoms with Gasteiger partial charge in [-0.05, 0) is 98.4 Å². The lowest BCUT2D eigenvalue weighted by atomic mass is 9.93. The number of aryl methyl sites for hydroxylation is 3. The minimum atomic E-state index is -1.68. The molecule has 9 rings (SSSR count). The van der Waals surface area contributed by atoms with Crippen LogP contribution in [-0.2, 0) is 12.7 Å². The van der Waals surface area contributed by atoms with Gasteiger partial charge in [-0.15, -0.1) is 5.10 Å². The summed E-state index contributed by atoms with van der Waals surface area (Å²) in [5.41, 5.74) is 8.30. The lowest BCUT2D eigenvalue weighted by Crippen LogP contribution is -2.04. The van der Waals surface area contributed by atoms with Crippen LogP contribution in [0.5, 0.6) is 11.5 Å². The van der Waals surface area contributed by atoms with Gasteiger partial charge in [-0.2, -0.15) is 0 Å². The van der Waals surface area contributed by atoms with Crippen molar-refractivity contribution in [3.05, 3.63) is 143 Å². The van der Waals surface area contributed by atoms with Crippen molar-refractivity contribution in [2.75, 3.05) is 0 Å². The number of aromatic nitrogens is 6. The van der Waals surface area contributed by atoms with Crippen molar-refractivity contribution in [3.63, 3.8) is 0 Å². The first-order valence-electron chi connectivity index (χ1n) is 21.4. The fraction of sp³-hybridized carbons (Fsp3) is 0.229. The van der Waals surface area contributed by atoms with E-state index < -0.39 is 18.6 Å². The molecule has 0 fully saturated rings. The van der Waals surface area contributed by atoms with E-state index in [1.54, 1.807) is 24.7 Å². The van der Waals surface area contributed by atoms with Crippen LogP contribution in [0.15, 0.2) is 115 Å². The Balaban J connectivity index is 1.25. The summed E-state index contributed by atoms with van der Waals surface area (Å²) in [5, 5.41) is 12.4. The van der Waals surface area contributed by atoms with Gasteiger partial charge in [-0.3, -0.25) is 4.57 Å². The van der Waals surface area contributed by atoms with Crippen LogP contribution in [0.3, 0.4) is 0 Å².